The fourth-order valence-corrected chi connectivity index (χ4v) is 3.51. The third-order valence-corrected chi connectivity index (χ3v) is 4.62. The molecule has 0 aromatic heterocycles. The maximum absolute atomic E-state index is 12.3. The Balaban J connectivity index is 2.00. The fourth-order valence-electron chi connectivity index (χ4n) is 3.51. The quantitative estimate of drug-likeness (QED) is 0.824. The number of Topliss-reactive ketones (excluding diaryl/α,β-unsaturated/α-hetero) is 1. The number of fused-ring (bicyclic) bond motifs is 1. The third-order valence-electron chi connectivity index (χ3n) is 4.62. The van der Waals surface area contributed by atoms with Gasteiger partial charge >= 0.3 is 5.97 Å². The van der Waals surface area contributed by atoms with Gasteiger partial charge in [-0.25, -0.2) is 0 Å². The zero-order chi connectivity index (χ0) is 15.5. The molecule has 0 saturated heterocycles. The first-order chi connectivity index (χ1) is 10.7. The first kappa shape index (κ1) is 14.8. The van der Waals surface area contributed by atoms with Crippen molar-refractivity contribution in [2.45, 2.75) is 44.4 Å². The Hall–Kier alpha value is -2.16. The van der Waals surface area contributed by atoms with E-state index in [0.29, 0.717) is 11.5 Å². The number of carbonyl (C=O) groups excluding carboxylic acids is 1. The van der Waals surface area contributed by atoms with Crippen molar-refractivity contribution in [1.82, 2.24) is 0 Å². The molecule has 3 rings (SSSR count). The number of benzene rings is 2. The molecule has 2 aromatic carbocycles. The van der Waals surface area contributed by atoms with Crippen molar-refractivity contribution < 1.29 is 14.7 Å². The van der Waals surface area contributed by atoms with Crippen LogP contribution in [0, 0.1) is 0 Å². The summed E-state index contributed by atoms with van der Waals surface area (Å²) in [6.45, 7) is 0. The summed E-state index contributed by atoms with van der Waals surface area (Å²) in [6.07, 6.45) is 4.93. The molecular formula is C19H20O3. The highest BCUT2D eigenvalue weighted by molar-refractivity contribution is 6.09. The second kappa shape index (κ2) is 6.30. The van der Waals surface area contributed by atoms with Crippen LogP contribution in [0.4, 0.5) is 0 Å². The van der Waals surface area contributed by atoms with E-state index in [9.17, 15) is 9.59 Å². The molecule has 0 aliphatic heterocycles. The largest absolute Gasteiger partial charge is 0.481 e. The first-order valence-electron chi connectivity index (χ1n) is 7.93. The van der Waals surface area contributed by atoms with Gasteiger partial charge in [0.2, 0.25) is 0 Å². The number of carboxylic acids is 1. The minimum atomic E-state index is -0.930. The van der Waals surface area contributed by atoms with Crippen LogP contribution >= 0.6 is 0 Å². The topological polar surface area (TPSA) is 54.4 Å². The van der Waals surface area contributed by atoms with Crippen LogP contribution in [0.2, 0.25) is 0 Å². The lowest BCUT2D eigenvalue weighted by Gasteiger charge is -2.15. The molecule has 3 nitrogen and oxygen atoms in total. The summed E-state index contributed by atoms with van der Waals surface area (Å²) in [5.74, 6) is -0.426. The number of hydrogen-bond donors (Lipinski definition) is 1. The van der Waals surface area contributed by atoms with Crippen molar-refractivity contribution in [3.8, 4) is 0 Å². The number of ketones is 1. The maximum Gasteiger partial charge on any atom is 0.303 e. The molecule has 0 amide bonds. The zero-order valence-electron chi connectivity index (χ0n) is 12.5. The van der Waals surface area contributed by atoms with Crippen LogP contribution in [0.1, 0.15) is 60.4 Å². The molecule has 0 bridgehead atoms. The van der Waals surface area contributed by atoms with E-state index in [4.69, 9.17) is 5.11 Å². The Morgan fingerprint density at radius 1 is 0.955 bits per heavy atom. The predicted molar refractivity (Wildman–Crippen MR) is 86.4 cm³/mol. The average molecular weight is 296 g/mol. The molecule has 2 aromatic rings. The van der Waals surface area contributed by atoms with Crippen LogP contribution in [0.15, 0.2) is 36.4 Å². The summed E-state index contributed by atoms with van der Waals surface area (Å²) in [5, 5.41) is 10.9. The van der Waals surface area contributed by atoms with Gasteiger partial charge in [0.05, 0.1) is 6.42 Å². The summed E-state index contributed by atoms with van der Waals surface area (Å²) in [6, 6.07) is 12.0. The molecule has 0 heterocycles. The molecule has 0 atom stereocenters. The third kappa shape index (κ3) is 2.89. The molecule has 1 saturated carbocycles. The highest BCUT2D eigenvalue weighted by Crippen LogP contribution is 2.38. The van der Waals surface area contributed by atoms with Gasteiger partial charge in [-0.1, -0.05) is 49.2 Å². The van der Waals surface area contributed by atoms with E-state index in [0.717, 1.165) is 10.8 Å². The lowest BCUT2D eigenvalue weighted by atomic mass is 9.89. The van der Waals surface area contributed by atoms with Gasteiger partial charge in [0.1, 0.15) is 0 Å². The number of carboxylic acid groups (broad SMARTS) is 1. The summed E-state index contributed by atoms with van der Waals surface area (Å²) < 4.78 is 0. The highest BCUT2D eigenvalue weighted by atomic mass is 16.4. The van der Waals surface area contributed by atoms with E-state index < -0.39 is 5.97 Å². The lowest BCUT2D eigenvalue weighted by Crippen LogP contribution is -2.05. The van der Waals surface area contributed by atoms with E-state index in [1.807, 2.05) is 24.3 Å². The smallest absolute Gasteiger partial charge is 0.303 e. The normalized spacial score (nSPS) is 15.3. The molecule has 0 radical (unpaired) electrons. The fraction of sp³-hybridized carbons (Fsp3) is 0.368. The van der Waals surface area contributed by atoms with E-state index >= 15 is 0 Å². The van der Waals surface area contributed by atoms with Crippen molar-refractivity contribution >= 4 is 22.5 Å². The van der Waals surface area contributed by atoms with Gasteiger partial charge < -0.3 is 5.11 Å². The van der Waals surface area contributed by atoms with Crippen LogP contribution in [0.3, 0.4) is 0 Å². The van der Waals surface area contributed by atoms with Crippen molar-refractivity contribution in [3.05, 3.63) is 47.5 Å². The summed E-state index contributed by atoms with van der Waals surface area (Å²) in [7, 11) is 0. The number of carbonyl (C=O) groups is 2. The molecule has 1 fully saturated rings. The van der Waals surface area contributed by atoms with Gasteiger partial charge in [-0.15, -0.1) is 0 Å². The van der Waals surface area contributed by atoms with Gasteiger partial charge in [0.25, 0.3) is 0 Å². The molecule has 114 valence electrons. The van der Waals surface area contributed by atoms with E-state index in [2.05, 4.69) is 12.1 Å². The summed E-state index contributed by atoms with van der Waals surface area (Å²) in [5.41, 5.74) is 1.99. The number of aliphatic carboxylic acids is 1. The van der Waals surface area contributed by atoms with Crippen molar-refractivity contribution in [3.63, 3.8) is 0 Å². The average Bonchev–Trinajstić information content (AvgIpc) is 3.05. The molecule has 1 N–H and O–H groups in total. The Bertz CT molecular complexity index is 712. The molecule has 1 aliphatic rings. The Morgan fingerprint density at radius 3 is 2.32 bits per heavy atom. The van der Waals surface area contributed by atoms with Gasteiger partial charge in [-0.05, 0) is 35.1 Å². The Kier molecular flexibility index (Phi) is 4.23. The zero-order valence-corrected chi connectivity index (χ0v) is 12.5. The van der Waals surface area contributed by atoms with Crippen molar-refractivity contribution in [1.29, 1.82) is 0 Å². The van der Waals surface area contributed by atoms with Gasteiger partial charge in [-0.3, -0.25) is 9.59 Å². The van der Waals surface area contributed by atoms with Crippen molar-refractivity contribution in [2.24, 2.45) is 0 Å². The maximum atomic E-state index is 12.3. The molecule has 22 heavy (non-hydrogen) atoms. The van der Waals surface area contributed by atoms with Crippen LogP contribution < -0.4 is 0 Å². The van der Waals surface area contributed by atoms with Crippen LogP contribution in [0.5, 0.6) is 0 Å². The Morgan fingerprint density at radius 2 is 1.64 bits per heavy atom. The number of rotatable bonds is 5. The monoisotopic (exact) mass is 296 g/mol. The van der Waals surface area contributed by atoms with Crippen LogP contribution in [0.25, 0.3) is 10.8 Å². The van der Waals surface area contributed by atoms with Crippen LogP contribution in [-0.4, -0.2) is 16.9 Å². The van der Waals surface area contributed by atoms with Crippen LogP contribution in [-0.2, 0) is 4.79 Å². The van der Waals surface area contributed by atoms with Crippen molar-refractivity contribution in [2.75, 3.05) is 0 Å². The van der Waals surface area contributed by atoms with E-state index in [1.54, 1.807) is 0 Å². The molecule has 3 heteroatoms. The second-order valence-electron chi connectivity index (χ2n) is 6.05. The molecular weight excluding hydrogens is 276 g/mol. The molecule has 1 aliphatic carbocycles. The molecule has 0 spiro atoms. The lowest BCUT2D eigenvalue weighted by molar-refractivity contribution is -0.136. The predicted octanol–water partition coefficient (Wildman–Crippen LogP) is 4.54. The number of hydrogen-bond acceptors (Lipinski definition) is 2. The van der Waals surface area contributed by atoms with E-state index in [1.165, 1.54) is 31.2 Å². The Labute approximate surface area is 130 Å². The standard InChI is InChI=1S/C19H20O3/c20-18(11-12-19(21)22)17-10-9-14(13-5-1-2-6-13)15-7-3-4-8-16(15)17/h3-4,7-10,13H,1-2,5-6,11-12H2,(H,21,22). The first-order valence-corrected chi connectivity index (χ1v) is 7.93. The van der Waals surface area contributed by atoms with Gasteiger partial charge in [0.15, 0.2) is 5.78 Å². The minimum Gasteiger partial charge on any atom is -0.481 e. The van der Waals surface area contributed by atoms with Gasteiger partial charge in [0, 0.05) is 12.0 Å². The minimum absolute atomic E-state index is 0.0576. The second-order valence-corrected chi connectivity index (χ2v) is 6.05. The van der Waals surface area contributed by atoms with Gasteiger partial charge in [-0.2, -0.15) is 0 Å². The molecule has 0 unspecified atom stereocenters. The van der Waals surface area contributed by atoms with E-state index in [-0.39, 0.29) is 18.6 Å². The summed E-state index contributed by atoms with van der Waals surface area (Å²) >= 11 is 0. The summed E-state index contributed by atoms with van der Waals surface area (Å²) in [4.78, 5) is 23.0. The highest BCUT2D eigenvalue weighted by Gasteiger charge is 2.21. The SMILES string of the molecule is O=C(O)CCC(=O)c1ccc(C2CCCC2)c2ccccc12.